The molecule has 4 heteroatoms. The minimum absolute atomic E-state index is 0.168. The van der Waals surface area contributed by atoms with Crippen LogP contribution < -0.4 is 0 Å². The lowest BCUT2D eigenvalue weighted by Gasteiger charge is -2.07. The van der Waals surface area contributed by atoms with Gasteiger partial charge in [0.2, 0.25) is 0 Å². The molecule has 0 fully saturated rings. The number of nitrogens with zero attached hydrogens (tertiary/aromatic N) is 2. The summed E-state index contributed by atoms with van der Waals surface area (Å²) in [5.41, 5.74) is 2.52. The molecular formula is C24H34F2N2. The van der Waals surface area contributed by atoms with Gasteiger partial charge in [0.25, 0.3) is 0 Å². The van der Waals surface area contributed by atoms with Gasteiger partial charge in [0, 0.05) is 18.0 Å². The molecule has 2 rings (SSSR count). The van der Waals surface area contributed by atoms with E-state index in [2.05, 4.69) is 16.9 Å². The molecule has 0 N–H and O–H groups in total. The van der Waals surface area contributed by atoms with Crippen molar-refractivity contribution >= 4 is 0 Å². The molecule has 1 unspecified atom stereocenters. The van der Waals surface area contributed by atoms with Gasteiger partial charge >= 0.3 is 0 Å². The highest BCUT2D eigenvalue weighted by Crippen LogP contribution is 2.21. The summed E-state index contributed by atoms with van der Waals surface area (Å²) in [5, 5.41) is 0. The summed E-state index contributed by atoms with van der Waals surface area (Å²) in [4.78, 5) is 8.77. The quantitative estimate of drug-likeness (QED) is 0.338. The molecule has 0 saturated heterocycles. The van der Waals surface area contributed by atoms with Gasteiger partial charge in [-0.1, -0.05) is 57.6 Å². The van der Waals surface area contributed by atoms with Crippen LogP contribution in [0.1, 0.15) is 82.8 Å². The molecule has 154 valence electrons. The fourth-order valence-electron chi connectivity index (χ4n) is 3.37. The minimum Gasteiger partial charge on any atom is -0.248 e. The van der Waals surface area contributed by atoms with E-state index in [1.165, 1.54) is 25.7 Å². The lowest BCUT2D eigenvalue weighted by molar-refractivity contribution is 0.331. The Morgan fingerprint density at radius 1 is 0.893 bits per heavy atom. The smallest absolute Gasteiger partial charge is 0.159 e. The number of rotatable bonds is 13. The third-order valence-corrected chi connectivity index (χ3v) is 5.13. The van der Waals surface area contributed by atoms with Crippen LogP contribution in [0.2, 0.25) is 0 Å². The number of aromatic nitrogens is 2. The van der Waals surface area contributed by atoms with Crippen molar-refractivity contribution in [2.75, 3.05) is 0 Å². The monoisotopic (exact) mass is 388 g/mol. The maximum atomic E-state index is 14.4. The molecule has 0 aliphatic rings. The number of benzene rings is 1. The molecule has 2 aromatic rings. The number of unbranched alkanes of at least 4 members (excludes halogenated alkanes) is 6. The van der Waals surface area contributed by atoms with Crippen LogP contribution in [0.25, 0.3) is 11.4 Å². The molecule has 1 heterocycles. The second-order valence-corrected chi connectivity index (χ2v) is 7.77. The van der Waals surface area contributed by atoms with Gasteiger partial charge in [-0.15, -0.1) is 0 Å². The molecule has 1 aromatic carbocycles. The highest BCUT2D eigenvalue weighted by atomic mass is 19.1. The van der Waals surface area contributed by atoms with E-state index in [1.807, 2.05) is 12.1 Å². The summed E-state index contributed by atoms with van der Waals surface area (Å²) < 4.78 is 27.2. The Morgan fingerprint density at radius 2 is 1.57 bits per heavy atom. The SMILES string of the molecule is CCCCCCCCc1ccc(-c2ncc(CCCCC(C)F)cn2)cc1F. The fourth-order valence-corrected chi connectivity index (χ4v) is 3.37. The maximum absolute atomic E-state index is 14.4. The van der Waals surface area contributed by atoms with E-state index in [9.17, 15) is 8.78 Å². The first kappa shape index (κ1) is 22.4. The Balaban J connectivity index is 1.83. The first-order valence-corrected chi connectivity index (χ1v) is 10.8. The zero-order chi connectivity index (χ0) is 20.2. The molecule has 0 aliphatic carbocycles. The molecule has 0 bridgehead atoms. The summed E-state index contributed by atoms with van der Waals surface area (Å²) in [6, 6.07) is 5.32. The Labute approximate surface area is 168 Å². The van der Waals surface area contributed by atoms with Gasteiger partial charge in [-0.2, -0.15) is 0 Å². The second kappa shape index (κ2) is 12.6. The standard InChI is InChI=1S/C24H34F2N2/c1-3-4-5-6-7-8-13-21-14-15-22(16-23(21)26)24-27-17-20(18-28-24)12-10-9-11-19(2)25/h14-19H,3-13H2,1-2H3. The average molecular weight is 389 g/mol. The van der Waals surface area contributed by atoms with Gasteiger partial charge < -0.3 is 0 Å². The summed E-state index contributed by atoms with van der Waals surface area (Å²) >= 11 is 0. The average Bonchev–Trinajstić information content (AvgIpc) is 2.69. The zero-order valence-corrected chi connectivity index (χ0v) is 17.4. The first-order chi connectivity index (χ1) is 13.6. The summed E-state index contributed by atoms with van der Waals surface area (Å²) in [7, 11) is 0. The molecule has 1 atom stereocenters. The topological polar surface area (TPSA) is 25.8 Å². The lowest BCUT2D eigenvalue weighted by Crippen LogP contribution is -1.97. The third-order valence-electron chi connectivity index (χ3n) is 5.13. The first-order valence-electron chi connectivity index (χ1n) is 10.8. The predicted molar refractivity (Wildman–Crippen MR) is 113 cm³/mol. The van der Waals surface area contributed by atoms with Crippen LogP contribution in [0.15, 0.2) is 30.6 Å². The van der Waals surface area contributed by atoms with Crippen molar-refractivity contribution in [2.24, 2.45) is 0 Å². The van der Waals surface area contributed by atoms with Crippen LogP contribution in [0.3, 0.4) is 0 Å². The van der Waals surface area contributed by atoms with Crippen molar-refractivity contribution in [3.05, 3.63) is 47.5 Å². The number of hydrogen-bond acceptors (Lipinski definition) is 2. The highest BCUT2D eigenvalue weighted by molar-refractivity contribution is 5.55. The highest BCUT2D eigenvalue weighted by Gasteiger charge is 2.08. The van der Waals surface area contributed by atoms with Crippen LogP contribution >= 0.6 is 0 Å². The van der Waals surface area contributed by atoms with E-state index in [0.717, 1.165) is 49.7 Å². The number of halogens is 2. The Bertz CT molecular complexity index is 684. The second-order valence-electron chi connectivity index (χ2n) is 7.77. The largest absolute Gasteiger partial charge is 0.248 e. The fraction of sp³-hybridized carbons (Fsp3) is 0.583. The normalized spacial score (nSPS) is 12.3. The third kappa shape index (κ3) is 8.04. The van der Waals surface area contributed by atoms with Gasteiger partial charge in [-0.05, 0) is 56.2 Å². The Kier molecular flexibility index (Phi) is 10.1. The van der Waals surface area contributed by atoms with Gasteiger partial charge in [-0.25, -0.2) is 18.7 Å². The van der Waals surface area contributed by atoms with Crippen molar-refractivity contribution < 1.29 is 8.78 Å². The van der Waals surface area contributed by atoms with E-state index >= 15 is 0 Å². The number of hydrogen-bond donors (Lipinski definition) is 0. The van der Waals surface area contributed by atoms with Crippen LogP contribution in [0.5, 0.6) is 0 Å². The lowest BCUT2D eigenvalue weighted by atomic mass is 10.0. The van der Waals surface area contributed by atoms with Crippen LogP contribution in [-0.4, -0.2) is 16.1 Å². The van der Waals surface area contributed by atoms with Crippen LogP contribution in [0.4, 0.5) is 8.78 Å². The van der Waals surface area contributed by atoms with Crippen molar-refractivity contribution in [2.45, 2.75) is 90.6 Å². The molecule has 0 spiro atoms. The number of alkyl halides is 1. The van der Waals surface area contributed by atoms with Gasteiger partial charge in [-0.3, -0.25) is 0 Å². The molecule has 2 nitrogen and oxygen atoms in total. The summed E-state index contributed by atoms with van der Waals surface area (Å²) in [6.07, 6.45) is 14.1. The van der Waals surface area contributed by atoms with Crippen molar-refractivity contribution in [3.63, 3.8) is 0 Å². The van der Waals surface area contributed by atoms with Crippen molar-refractivity contribution in [1.29, 1.82) is 0 Å². The molecule has 0 aliphatic heterocycles. The van der Waals surface area contributed by atoms with Crippen molar-refractivity contribution in [3.8, 4) is 11.4 Å². The van der Waals surface area contributed by atoms with E-state index in [4.69, 9.17) is 0 Å². The zero-order valence-electron chi connectivity index (χ0n) is 17.4. The predicted octanol–water partition coefficient (Wildman–Crippen LogP) is 7.26. The molecule has 0 amide bonds. The van der Waals surface area contributed by atoms with Gasteiger partial charge in [0.1, 0.15) is 5.82 Å². The molecular weight excluding hydrogens is 354 g/mol. The molecule has 0 radical (unpaired) electrons. The van der Waals surface area contributed by atoms with Crippen LogP contribution in [0, 0.1) is 5.82 Å². The molecule has 0 saturated carbocycles. The van der Waals surface area contributed by atoms with Crippen LogP contribution in [-0.2, 0) is 12.8 Å². The Morgan fingerprint density at radius 3 is 2.25 bits per heavy atom. The summed E-state index contributed by atoms with van der Waals surface area (Å²) in [6.45, 7) is 3.81. The number of aryl methyl sites for hydroxylation is 2. The molecule has 1 aromatic heterocycles. The van der Waals surface area contributed by atoms with E-state index in [0.29, 0.717) is 17.8 Å². The van der Waals surface area contributed by atoms with E-state index < -0.39 is 6.17 Å². The summed E-state index contributed by atoms with van der Waals surface area (Å²) in [5.74, 6) is 0.380. The van der Waals surface area contributed by atoms with E-state index in [1.54, 1.807) is 25.4 Å². The van der Waals surface area contributed by atoms with E-state index in [-0.39, 0.29) is 5.82 Å². The van der Waals surface area contributed by atoms with Gasteiger partial charge in [0.15, 0.2) is 5.82 Å². The van der Waals surface area contributed by atoms with Gasteiger partial charge in [0.05, 0.1) is 6.17 Å². The minimum atomic E-state index is -0.738. The molecule has 28 heavy (non-hydrogen) atoms. The Hall–Kier alpha value is -1.84. The maximum Gasteiger partial charge on any atom is 0.159 e. The van der Waals surface area contributed by atoms with Crippen molar-refractivity contribution in [1.82, 2.24) is 9.97 Å².